The first-order valence-electron chi connectivity index (χ1n) is 6.53. The number of rotatable bonds is 6. The Hall–Kier alpha value is -1.68. The van der Waals surface area contributed by atoms with E-state index in [1.54, 1.807) is 0 Å². The van der Waals surface area contributed by atoms with Crippen molar-refractivity contribution in [3.05, 3.63) is 52.5 Å². The Balaban J connectivity index is 1.73. The van der Waals surface area contributed by atoms with Crippen LogP contribution in [-0.4, -0.2) is 13.2 Å². The zero-order valence-corrected chi connectivity index (χ0v) is 13.0. The Labute approximate surface area is 127 Å². The molecule has 0 aliphatic carbocycles. The maximum atomic E-state index is 5.80. The molecule has 0 aliphatic rings. The molecule has 2 N–H and O–H groups in total. The lowest BCUT2D eigenvalue weighted by molar-refractivity contribution is 0.247. The van der Waals surface area contributed by atoms with E-state index in [9.17, 15) is 0 Å². The Kier molecular flexibility index (Phi) is 5.30. The molecule has 0 radical (unpaired) electrons. The van der Waals surface area contributed by atoms with Gasteiger partial charge in [0.05, 0.1) is 18.9 Å². The van der Waals surface area contributed by atoms with Gasteiger partial charge in [-0.1, -0.05) is 28.1 Å². The Morgan fingerprint density at radius 2 is 1.70 bits per heavy atom. The fourth-order valence-corrected chi connectivity index (χ4v) is 2.29. The molecule has 2 rings (SSSR count). The van der Waals surface area contributed by atoms with Crippen LogP contribution < -0.4 is 15.2 Å². The molecule has 0 bridgehead atoms. The summed E-state index contributed by atoms with van der Waals surface area (Å²) in [4.78, 5) is 0. The van der Waals surface area contributed by atoms with Crippen molar-refractivity contribution in [3.8, 4) is 11.5 Å². The van der Waals surface area contributed by atoms with Gasteiger partial charge in [-0.15, -0.1) is 0 Å². The summed E-state index contributed by atoms with van der Waals surface area (Å²) in [5, 5.41) is 0. The molecular formula is C16H18BrNO2. The third-order valence-corrected chi connectivity index (χ3v) is 3.35. The van der Waals surface area contributed by atoms with Crippen molar-refractivity contribution in [1.29, 1.82) is 0 Å². The number of nitrogen functional groups attached to an aromatic ring is 1. The lowest BCUT2D eigenvalue weighted by atomic mass is 10.2. The fourth-order valence-electron chi connectivity index (χ4n) is 1.81. The van der Waals surface area contributed by atoms with Gasteiger partial charge in [-0.2, -0.15) is 0 Å². The second-order valence-electron chi connectivity index (χ2n) is 4.50. The van der Waals surface area contributed by atoms with Crippen molar-refractivity contribution in [2.75, 3.05) is 18.9 Å². The van der Waals surface area contributed by atoms with Crippen LogP contribution in [0.4, 0.5) is 5.69 Å². The van der Waals surface area contributed by atoms with Crippen LogP contribution in [0.25, 0.3) is 0 Å². The predicted molar refractivity (Wildman–Crippen MR) is 85.3 cm³/mol. The minimum Gasteiger partial charge on any atom is -0.493 e. The Morgan fingerprint density at radius 3 is 2.40 bits per heavy atom. The van der Waals surface area contributed by atoms with Crippen LogP contribution in [0.15, 0.2) is 46.9 Å². The highest BCUT2D eigenvalue weighted by Gasteiger charge is 2.01. The Morgan fingerprint density at radius 1 is 1.00 bits per heavy atom. The normalized spacial score (nSPS) is 10.3. The van der Waals surface area contributed by atoms with Crippen LogP contribution in [-0.2, 0) is 0 Å². The summed E-state index contributed by atoms with van der Waals surface area (Å²) in [6, 6.07) is 13.5. The summed E-state index contributed by atoms with van der Waals surface area (Å²) in [7, 11) is 0. The Bertz CT molecular complexity index is 572. The molecule has 0 aliphatic heterocycles. The molecule has 106 valence electrons. The summed E-state index contributed by atoms with van der Waals surface area (Å²) >= 11 is 3.43. The summed E-state index contributed by atoms with van der Waals surface area (Å²) < 4.78 is 12.4. The first kappa shape index (κ1) is 14.7. The number of anilines is 1. The summed E-state index contributed by atoms with van der Waals surface area (Å²) in [5.74, 6) is 1.64. The molecule has 0 aromatic heterocycles. The SMILES string of the molecule is Cc1cc(Br)ccc1OCCCOc1ccccc1N. The quantitative estimate of drug-likeness (QED) is 0.635. The maximum absolute atomic E-state index is 5.80. The number of para-hydroxylation sites is 2. The molecule has 0 saturated heterocycles. The third-order valence-electron chi connectivity index (χ3n) is 2.86. The van der Waals surface area contributed by atoms with Gasteiger partial charge in [0.15, 0.2) is 0 Å². The highest BCUT2D eigenvalue weighted by molar-refractivity contribution is 9.10. The molecule has 0 saturated carbocycles. The van der Waals surface area contributed by atoms with Crippen molar-refractivity contribution in [2.24, 2.45) is 0 Å². The average molecular weight is 336 g/mol. The first-order chi connectivity index (χ1) is 9.66. The minimum absolute atomic E-state index is 0.587. The van der Waals surface area contributed by atoms with Gasteiger partial charge in [-0.3, -0.25) is 0 Å². The molecule has 0 unspecified atom stereocenters. The molecule has 0 fully saturated rings. The molecule has 2 aromatic carbocycles. The number of hydrogen-bond acceptors (Lipinski definition) is 3. The number of ether oxygens (including phenoxy) is 2. The molecular weight excluding hydrogens is 318 g/mol. The average Bonchev–Trinajstić information content (AvgIpc) is 2.42. The predicted octanol–water partition coefficient (Wildman–Crippen LogP) is 4.19. The van der Waals surface area contributed by atoms with Crippen molar-refractivity contribution >= 4 is 21.6 Å². The number of nitrogens with two attached hydrogens (primary N) is 1. The summed E-state index contributed by atoms with van der Waals surface area (Å²) in [5.41, 5.74) is 7.58. The molecule has 0 amide bonds. The van der Waals surface area contributed by atoms with Crippen molar-refractivity contribution in [2.45, 2.75) is 13.3 Å². The molecule has 3 nitrogen and oxygen atoms in total. The van der Waals surface area contributed by atoms with Crippen molar-refractivity contribution in [1.82, 2.24) is 0 Å². The van der Waals surface area contributed by atoms with Crippen LogP contribution in [0.3, 0.4) is 0 Å². The van der Waals surface area contributed by atoms with E-state index in [-0.39, 0.29) is 0 Å². The van der Waals surface area contributed by atoms with Crippen LogP contribution in [0, 0.1) is 6.92 Å². The van der Waals surface area contributed by atoms with Crippen molar-refractivity contribution in [3.63, 3.8) is 0 Å². The summed E-state index contributed by atoms with van der Waals surface area (Å²) in [6.07, 6.45) is 0.809. The molecule has 0 spiro atoms. The van der Waals surface area contributed by atoms with Crippen LogP contribution in [0.1, 0.15) is 12.0 Å². The topological polar surface area (TPSA) is 44.5 Å². The van der Waals surface area contributed by atoms with Crippen LogP contribution >= 0.6 is 15.9 Å². The minimum atomic E-state index is 0.587. The van der Waals surface area contributed by atoms with Gasteiger partial charge in [0.25, 0.3) is 0 Å². The van der Waals surface area contributed by atoms with Crippen LogP contribution in [0.5, 0.6) is 11.5 Å². The van der Waals surface area contributed by atoms with E-state index in [0.29, 0.717) is 18.9 Å². The smallest absolute Gasteiger partial charge is 0.142 e. The monoisotopic (exact) mass is 335 g/mol. The van der Waals surface area contributed by atoms with E-state index in [4.69, 9.17) is 15.2 Å². The van der Waals surface area contributed by atoms with E-state index in [1.165, 1.54) is 0 Å². The number of benzene rings is 2. The zero-order chi connectivity index (χ0) is 14.4. The first-order valence-corrected chi connectivity index (χ1v) is 7.32. The van der Waals surface area contributed by atoms with Gasteiger partial charge in [0.1, 0.15) is 11.5 Å². The second-order valence-corrected chi connectivity index (χ2v) is 5.41. The zero-order valence-electron chi connectivity index (χ0n) is 11.4. The van der Waals surface area contributed by atoms with E-state index in [1.807, 2.05) is 49.4 Å². The van der Waals surface area contributed by atoms with Gasteiger partial charge < -0.3 is 15.2 Å². The van der Waals surface area contributed by atoms with Gasteiger partial charge >= 0.3 is 0 Å². The van der Waals surface area contributed by atoms with Gasteiger partial charge in [0.2, 0.25) is 0 Å². The fraction of sp³-hybridized carbons (Fsp3) is 0.250. The van der Waals surface area contributed by atoms with Gasteiger partial charge in [-0.25, -0.2) is 0 Å². The number of aryl methyl sites for hydroxylation is 1. The van der Waals surface area contributed by atoms with Gasteiger partial charge in [-0.05, 0) is 42.8 Å². The highest BCUT2D eigenvalue weighted by Crippen LogP contribution is 2.22. The second kappa shape index (κ2) is 7.20. The van der Waals surface area contributed by atoms with E-state index in [2.05, 4.69) is 15.9 Å². The number of halogens is 1. The molecule has 2 aromatic rings. The van der Waals surface area contributed by atoms with E-state index < -0.39 is 0 Å². The molecule has 4 heteroatoms. The van der Waals surface area contributed by atoms with Crippen LogP contribution in [0.2, 0.25) is 0 Å². The molecule has 20 heavy (non-hydrogen) atoms. The largest absolute Gasteiger partial charge is 0.493 e. The molecule has 0 heterocycles. The van der Waals surface area contributed by atoms with E-state index >= 15 is 0 Å². The number of hydrogen-bond donors (Lipinski definition) is 1. The van der Waals surface area contributed by atoms with Gasteiger partial charge in [0, 0.05) is 10.9 Å². The van der Waals surface area contributed by atoms with E-state index in [0.717, 1.165) is 28.0 Å². The lowest BCUT2D eigenvalue weighted by Gasteiger charge is -2.11. The molecule has 0 atom stereocenters. The van der Waals surface area contributed by atoms with Crippen molar-refractivity contribution < 1.29 is 9.47 Å². The maximum Gasteiger partial charge on any atom is 0.142 e. The standard InChI is InChI=1S/C16H18BrNO2/c1-12-11-13(17)7-8-15(12)19-9-4-10-20-16-6-3-2-5-14(16)18/h2-3,5-8,11H,4,9-10,18H2,1H3. The third kappa shape index (κ3) is 4.17. The summed E-state index contributed by atoms with van der Waals surface area (Å²) in [6.45, 7) is 3.24. The highest BCUT2D eigenvalue weighted by atomic mass is 79.9. The lowest BCUT2D eigenvalue weighted by Crippen LogP contribution is -2.06.